The van der Waals surface area contributed by atoms with E-state index in [0.717, 1.165) is 18.4 Å². The van der Waals surface area contributed by atoms with Gasteiger partial charge in [-0.25, -0.2) is 0 Å². The normalized spacial score (nSPS) is 16.9. The summed E-state index contributed by atoms with van der Waals surface area (Å²) in [5.41, 5.74) is 4.84. The van der Waals surface area contributed by atoms with E-state index in [1.807, 2.05) is 13.0 Å². The topological polar surface area (TPSA) is 38.7 Å². The van der Waals surface area contributed by atoms with Crippen molar-refractivity contribution in [2.75, 3.05) is 27.4 Å². The zero-order chi connectivity index (χ0) is 13.3. The van der Waals surface area contributed by atoms with Gasteiger partial charge < -0.3 is 14.6 Å². The molecule has 3 heteroatoms. The summed E-state index contributed by atoms with van der Waals surface area (Å²) in [6, 6.07) is 1.86. The Bertz CT molecular complexity index is 446. The number of aryl methyl sites for hydroxylation is 1. The molecule has 0 aliphatic heterocycles. The molecule has 0 unspecified atom stereocenters. The zero-order valence-electron chi connectivity index (χ0n) is 11.7. The van der Waals surface area contributed by atoms with Crippen LogP contribution in [0.3, 0.4) is 0 Å². The van der Waals surface area contributed by atoms with Crippen molar-refractivity contribution in [1.82, 2.24) is 0 Å². The predicted molar refractivity (Wildman–Crippen MR) is 71.2 cm³/mol. The number of benzene rings is 1. The molecule has 2 rings (SSSR count). The second-order valence-corrected chi connectivity index (χ2v) is 5.51. The summed E-state index contributed by atoms with van der Waals surface area (Å²) in [5, 5.41) is 9.93. The molecule has 0 saturated heterocycles. The Morgan fingerprint density at radius 1 is 1.11 bits per heavy atom. The highest BCUT2D eigenvalue weighted by Crippen LogP contribution is 2.42. The first kappa shape index (κ1) is 13.4. The van der Waals surface area contributed by atoms with E-state index in [0.29, 0.717) is 19.0 Å². The van der Waals surface area contributed by atoms with Crippen molar-refractivity contribution in [3.8, 4) is 5.75 Å². The van der Waals surface area contributed by atoms with E-state index >= 15 is 0 Å². The van der Waals surface area contributed by atoms with Crippen LogP contribution < -0.4 is 0 Å². The number of aromatic hydroxyl groups is 1. The fourth-order valence-electron chi connectivity index (χ4n) is 3.18. The Morgan fingerprint density at radius 3 is 2.22 bits per heavy atom. The van der Waals surface area contributed by atoms with Crippen molar-refractivity contribution in [3.63, 3.8) is 0 Å². The summed E-state index contributed by atoms with van der Waals surface area (Å²) in [4.78, 5) is 0. The van der Waals surface area contributed by atoms with Crippen molar-refractivity contribution in [1.29, 1.82) is 0 Å². The van der Waals surface area contributed by atoms with Crippen LogP contribution in [0, 0.1) is 19.3 Å². The number of hydrogen-bond donors (Lipinski definition) is 1. The minimum absolute atomic E-state index is 0.0230. The third-order valence-corrected chi connectivity index (χ3v) is 4.03. The molecule has 0 spiro atoms. The lowest BCUT2D eigenvalue weighted by Gasteiger charge is -2.27. The van der Waals surface area contributed by atoms with Crippen LogP contribution in [0.5, 0.6) is 5.75 Å². The van der Waals surface area contributed by atoms with Crippen LogP contribution in [0.25, 0.3) is 0 Å². The monoisotopic (exact) mass is 250 g/mol. The molecule has 0 saturated carbocycles. The van der Waals surface area contributed by atoms with E-state index < -0.39 is 0 Å². The maximum Gasteiger partial charge on any atom is 0.119 e. The molecule has 1 aliphatic carbocycles. The van der Waals surface area contributed by atoms with Gasteiger partial charge in [0, 0.05) is 19.6 Å². The Labute approximate surface area is 109 Å². The molecule has 0 bridgehead atoms. The molecule has 0 aromatic heterocycles. The Hall–Kier alpha value is -1.06. The molecule has 1 aromatic carbocycles. The van der Waals surface area contributed by atoms with Crippen molar-refractivity contribution in [2.24, 2.45) is 5.41 Å². The van der Waals surface area contributed by atoms with Gasteiger partial charge in [-0.3, -0.25) is 0 Å². The minimum atomic E-state index is 0.0230. The van der Waals surface area contributed by atoms with E-state index in [-0.39, 0.29) is 5.41 Å². The average molecular weight is 250 g/mol. The number of hydrogen-bond acceptors (Lipinski definition) is 3. The van der Waals surface area contributed by atoms with Crippen LogP contribution in [0.15, 0.2) is 6.07 Å². The fraction of sp³-hybridized carbons (Fsp3) is 0.600. The van der Waals surface area contributed by atoms with Crippen molar-refractivity contribution >= 4 is 0 Å². The summed E-state index contributed by atoms with van der Waals surface area (Å²) in [6.45, 7) is 5.43. The zero-order valence-corrected chi connectivity index (χ0v) is 11.7. The third kappa shape index (κ3) is 2.13. The fourth-order valence-corrected chi connectivity index (χ4v) is 3.18. The van der Waals surface area contributed by atoms with Crippen LogP contribution in [-0.4, -0.2) is 32.5 Å². The Kier molecular flexibility index (Phi) is 3.64. The highest BCUT2D eigenvalue weighted by molar-refractivity contribution is 5.51. The first-order valence-corrected chi connectivity index (χ1v) is 6.32. The summed E-state index contributed by atoms with van der Waals surface area (Å²) in [7, 11) is 3.47. The number of ether oxygens (including phenoxy) is 2. The van der Waals surface area contributed by atoms with Crippen LogP contribution in [0.1, 0.15) is 22.3 Å². The van der Waals surface area contributed by atoms with Gasteiger partial charge >= 0.3 is 0 Å². The lowest BCUT2D eigenvalue weighted by molar-refractivity contribution is 0.0167. The molecule has 0 radical (unpaired) electrons. The molecule has 0 heterocycles. The molecule has 1 aromatic rings. The second kappa shape index (κ2) is 4.90. The van der Waals surface area contributed by atoms with Crippen molar-refractivity contribution in [3.05, 3.63) is 28.3 Å². The lowest BCUT2D eigenvalue weighted by Crippen LogP contribution is -2.32. The molecule has 0 amide bonds. The molecule has 1 N–H and O–H groups in total. The van der Waals surface area contributed by atoms with Crippen molar-refractivity contribution in [2.45, 2.75) is 26.7 Å². The van der Waals surface area contributed by atoms with E-state index in [9.17, 15) is 5.11 Å². The lowest BCUT2D eigenvalue weighted by atomic mass is 9.86. The predicted octanol–water partition coefficient (Wildman–Crippen LogP) is 2.39. The summed E-state index contributed by atoms with van der Waals surface area (Å²) >= 11 is 0. The largest absolute Gasteiger partial charge is 0.508 e. The molecule has 100 valence electrons. The van der Waals surface area contributed by atoms with Gasteiger partial charge in [-0.2, -0.15) is 0 Å². The van der Waals surface area contributed by atoms with Gasteiger partial charge in [0.05, 0.1) is 13.2 Å². The van der Waals surface area contributed by atoms with Crippen LogP contribution in [-0.2, 0) is 22.3 Å². The number of fused-ring (bicyclic) bond motifs is 1. The molecule has 1 aliphatic rings. The van der Waals surface area contributed by atoms with Crippen LogP contribution in [0.4, 0.5) is 0 Å². The van der Waals surface area contributed by atoms with E-state index in [1.165, 1.54) is 16.7 Å². The van der Waals surface area contributed by atoms with Gasteiger partial charge in [-0.05, 0) is 55.0 Å². The summed E-state index contributed by atoms with van der Waals surface area (Å²) < 4.78 is 10.8. The molecule has 0 atom stereocenters. The van der Waals surface area contributed by atoms with Crippen molar-refractivity contribution < 1.29 is 14.6 Å². The summed E-state index contributed by atoms with van der Waals surface area (Å²) in [6.07, 6.45) is 1.89. The number of phenols is 1. The Balaban J connectivity index is 2.41. The second-order valence-electron chi connectivity index (χ2n) is 5.51. The van der Waals surface area contributed by atoms with Gasteiger partial charge in [0.15, 0.2) is 0 Å². The molecule has 3 nitrogen and oxygen atoms in total. The van der Waals surface area contributed by atoms with Gasteiger partial charge in [0.2, 0.25) is 0 Å². The first-order valence-electron chi connectivity index (χ1n) is 6.32. The SMILES string of the molecule is COCC1(COC)Cc2c(C)cc(O)c(C)c2C1. The summed E-state index contributed by atoms with van der Waals surface area (Å²) in [5.74, 6) is 0.400. The van der Waals surface area contributed by atoms with E-state index in [4.69, 9.17) is 9.47 Å². The number of phenolic OH excluding ortho intramolecular Hbond substituents is 1. The minimum Gasteiger partial charge on any atom is -0.508 e. The molecule has 0 fully saturated rings. The smallest absolute Gasteiger partial charge is 0.119 e. The van der Waals surface area contributed by atoms with Gasteiger partial charge in [0.1, 0.15) is 5.75 Å². The molecular weight excluding hydrogens is 228 g/mol. The van der Waals surface area contributed by atoms with Gasteiger partial charge in [-0.15, -0.1) is 0 Å². The number of methoxy groups -OCH3 is 2. The first-order chi connectivity index (χ1) is 8.53. The van der Waals surface area contributed by atoms with Gasteiger partial charge in [0.25, 0.3) is 0 Å². The molecular formula is C15H22O3. The third-order valence-electron chi connectivity index (χ3n) is 4.03. The maximum atomic E-state index is 9.93. The van der Waals surface area contributed by atoms with Gasteiger partial charge in [-0.1, -0.05) is 0 Å². The molecule has 18 heavy (non-hydrogen) atoms. The van der Waals surface area contributed by atoms with Crippen LogP contribution >= 0.6 is 0 Å². The highest BCUT2D eigenvalue weighted by Gasteiger charge is 2.39. The van der Waals surface area contributed by atoms with E-state index in [2.05, 4.69) is 6.92 Å². The highest BCUT2D eigenvalue weighted by atomic mass is 16.5. The quantitative estimate of drug-likeness (QED) is 0.891. The number of rotatable bonds is 4. The maximum absolute atomic E-state index is 9.93. The van der Waals surface area contributed by atoms with Crippen LogP contribution in [0.2, 0.25) is 0 Å². The standard InChI is InChI=1S/C15H22O3/c1-10-5-14(16)11(2)13-7-15(8-17-3,9-18-4)6-12(10)13/h5,16H,6-9H2,1-4H3. The van der Waals surface area contributed by atoms with E-state index in [1.54, 1.807) is 14.2 Å². The Morgan fingerprint density at radius 2 is 1.67 bits per heavy atom. The average Bonchev–Trinajstić information content (AvgIpc) is 2.68.